The molecule has 0 spiro atoms. The molecular formula is C7H16FNO2S+. The van der Waals surface area contributed by atoms with Crippen LogP contribution in [0.3, 0.4) is 0 Å². The van der Waals surface area contributed by atoms with Gasteiger partial charge in [0, 0.05) is 6.42 Å². The van der Waals surface area contributed by atoms with Crippen molar-refractivity contribution >= 4 is 10.0 Å². The van der Waals surface area contributed by atoms with Crippen LogP contribution in [0.4, 0.5) is 4.48 Å². The van der Waals surface area contributed by atoms with Gasteiger partial charge in [-0.05, 0) is 6.42 Å². The first-order valence-electron chi connectivity index (χ1n) is 4.20. The number of unbranched alkanes of at least 4 members (excludes halogenated alkanes) is 1. The molecule has 0 aliphatic heterocycles. The van der Waals surface area contributed by atoms with E-state index in [4.69, 9.17) is 0 Å². The quantitative estimate of drug-likeness (QED) is 0.606. The minimum absolute atomic E-state index is 0.0150. The molecule has 73 valence electrons. The number of rotatable bonds is 6. The van der Waals surface area contributed by atoms with Crippen LogP contribution >= 0.6 is 0 Å². The van der Waals surface area contributed by atoms with Crippen LogP contribution in [0.15, 0.2) is 0 Å². The third-order valence-corrected chi connectivity index (χ3v) is 3.16. The molecule has 0 rings (SSSR count). The minimum atomic E-state index is -3.62. The summed E-state index contributed by atoms with van der Waals surface area (Å²) >= 11 is 0. The van der Waals surface area contributed by atoms with Crippen molar-refractivity contribution in [2.45, 2.75) is 33.1 Å². The van der Waals surface area contributed by atoms with Crippen molar-refractivity contribution in [2.75, 3.05) is 12.3 Å². The Balaban J connectivity index is 3.98. The van der Waals surface area contributed by atoms with E-state index in [-0.39, 0.29) is 16.8 Å². The van der Waals surface area contributed by atoms with Gasteiger partial charge in [0.25, 0.3) is 0 Å². The fraction of sp³-hybridized carbons (Fsp3) is 1.00. The maximum absolute atomic E-state index is 12.8. The van der Waals surface area contributed by atoms with Crippen molar-refractivity contribution in [3.63, 3.8) is 0 Å². The lowest BCUT2D eigenvalue weighted by molar-refractivity contribution is 0.245. The first-order valence-corrected chi connectivity index (χ1v) is 5.81. The molecule has 0 bridgehead atoms. The first kappa shape index (κ1) is 11.8. The van der Waals surface area contributed by atoms with Crippen LogP contribution in [0.2, 0.25) is 0 Å². The van der Waals surface area contributed by atoms with Crippen LogP contribution in [0.5, 0.6) is 0 Å². The zero-order valence-corrected chi connectivity index (χ0v) is 8.40. The lowest BCUT2D eigenvalue weighted by Gasteiger charge is -1.97. The van der Waals surface area contributed by atoms with Crippen LogP contribution in [0, 0.1) is 0 Å². The van der Waals surface area contributed by atoms with Crippen molar-refractivity contribution < 1.29 is 12.9 Å². The van der Waals surface area contributed by atoms with E-state index in [9.17, 15) is 12.9 Å². The number of hydrogen-bond donors (Lipinski definition) is 0. The number of nitrogens with zero attached hydrogens (tertiary/aromatic N) is 1. The molecule has 0 atom stereocenters. The zero-order valence-electron chi connectivity index (χ0n) is 7.59. The smallest absolute Gasteiger partial charge is 0.165 e. The van der Waals surface area contributed by atoms with E-state index in [1.165, 1.54) is 0 Å². The van der Waals surface area contributed by atoms with E-state index in [1.54, 1.807) is 6.92 Å². The summed E-state index contributed by atoms with van der Waals surface area (Å²) in [7, 11) is -3.62. The molecule has 0 amide bonds. The fourth-order valence-corrected chi connectivity index (χ4v) is 1.90. The van der Waals surface area contributed by atoms with Gasteiger partial charge in [0.1, 0.15) is 5.75 Å². The van der Waals surface area contributed by atoms with Crippen LogP contribution < -0.4 is 4.53 Å². The number of hydrogen-bond acceptors (Lipinski definition) is 2. The summed E-state index contributed by atoms with van der Waals surface area (Å²) in [5, 5.41) is 0. The van der Waals surface area contributed by atoms with Crippen LogP contribution in [-0.4, -0.2) is 20.7 Å². The predicted molar refractivity (Wildman–Crippen MR) is 47.1 cm³/mol. The Morgan fingerprint density at radius 3 is 2.25 bits per heavy atom. The van der Waals surface area contributed by atoms with Gasteiger partial charge in [-0.15, -0.1) is 0 Å². The van der Waals surface area contributed by atoms with Gasteiger partial charge >= 0.3 is 10.0 Å². The van der Waals surface area contributed by atoms with Crippen molar-refractivity contribution in [1.29, 1.82) is 0 Å². The average molecular weight is 197 g/mol. The summed E-state index contributed by atoms with van der Waals surface area (Å²) in [4.78, 5) is 0. The number of halogens is 1. The molecule has 0 aliphatic rings. The second-order valence-electron chi connectivity index (χ2n) is 2.68. The van der Waals surface area contributed by atoms with E-state index < -0.39 is 10.0 Å². The maximum atomic E-state index is 12.8. The van der Waals surface area contributed by atoms with Crippen molar-refractivity contribution in [1.82, 2.24) is 4.53 Å². The average Bonchev–Trinajstić information content (AvgIpc) is 2.00. The summed E-state index contributed by atoms with van der Waals surface area (Å²) < 4.78 is 34.7. The Morgan fingerprint density at radius 1 is 1.25 bits per heavy atom. The third kappa shape index (κ3) is 4.01. The normalized spacial score (nSPS) is 12.3. The zero-order chi connectivity index (χ0) is 9.61. The van der Waals surface area contributed by atoms with Gasteiger partial charge in [-0.2, -0.15) is 8.42 Å². The molecule has 0 aliphatic carbocycles. The van der Waals surface area contributed by atoms with Gasteiger partial charge < -0.3 is 0 Å². The van der Waals surface area contributed by atoms with E-state index in [0.29, 0.717) is 12.8 Å². The van der Waals surface area contributed by atoms with E-state index in [2.05, 4.69) is 0 Å². The van der Waals surface area contributed by atoms with Crippen LogP contribution in [-0.2, 0) is 10.0 Å². The van der Waals surface area contributed by atoms with E-state index in [1.807, 2.05) is 6.92 Å². The second-order valence-corrected chi connectivity index (χ2v) is 4.65. The molecule has 0 heterocycles. The summed E-state index contributed by atoms with van der Waals surface area (Å²) in [6.07, 6.45) is 1.82. The highest BCUT2D eigenvalue weighted by atomic mass is 32.2. The molecule has 3 nitrogen and oxygen atoms in total. The second kappa shape index (κ2) is 5.48. The van der Waals surface area contributed by atoms with Crippen LogP contribution in [0.25, 0.3) is 0 Å². The Kier molecular flexibility index (Phi) is 5.41. The lowest BCUT2D eigenvalue weighted by Crippen LogP contribution is -2.31. The Bertz CT molecular complexity index is 203. The van der Waals surface area contributed by atoms with Gasteiger partial charge in [-0.25, -0.2) is 0 Å². The molecular weight excluding hydrogens is 181 g/mol. The molecule has 0 saturated carbocycles. The molecule has 1 radical (unpaired) electrons. The van der Waals surface area contributed by atoms with Gasteiger partial charge in [0.05, 0.1) is 4.48 Å². The fourth-order valence-electron chi connectivity index (χ4n) is 0.779. The first-order chi connectivity index (χ1) is 5.54. The molecule has 0 aromatic carbocycles. The van der Waals surface area contributed by atoms with Crippen LogP contribution in [0.1, 0.15) is 33.1 Å². The molecule has 0 N–H and O–H groups in total. The molecule has 5 heteroatoms. The van der Waals surface area contributed by atoms with Gasteiger partial charge in [0.15, 0.2) is 11.1 Å². The number of sulfonamides is 1. The highest BCUT2D eigenvalue weighted by Crippen LogP contribution is 2.02. The van der Waals surface area contributed by atoms with Crippen molar-refractivity contribution in [3.8, 4) is 0 Å². The molecule has 0 fully saturated rings. The summed E-state index contributed by atoms with van der Waals surface area (Å²) in [6, 6.07) is 0. The summed E-state index contributed by atoms with van der Waals surface area (Å²) in [5.74, 6) is -0.104. The lowest BCUT2D eigenvalue weighted by atomic mass is 10.3. The SMILES string of the molecule is CCCC[N+](F)S(=O)(=O)CCC. The topological polar surface area (TPSA) is 40.0 Å². The minimum Gasteiger partial charge on any atom is -0.165 e. The molecule has 0 aromatic rings. The van der Waals surface area contributed by atoms with Gasteiger partial charge in [0.2, 0.25) is 0 Å². The van der Waals surface area contributed by atoms with Gasteiger partial charge in [-0.3, -0.25) is 0 Å². The van der Waals surface area contributed by atoms with Gasteiger partial charge in [-0.1, -0.05) is 20.3 Å². The molecule has 0 saturated heterocycles. The molecule has 0 unspecified atom stereocenters. The van der Waals surface area contributed by atoms with E-state index >= 15 is 0 Å². The summed E-state index contributed by atoms with van der Waals surface area (Å²) in [6.45, 7) is 3.59. The highest BCUT2D eigenvalue weighted by Gasteiger charge is 2.32. The van der Waals surface area contributed by atoms with Crippen molar-refractivity contribution in [3.05, 3.63) is 0 Å². The monoisotopic (exact) mass is 197 g/mol. The highest BCUT2D eigenvalue weighted by molar-refractivity contribution is 7.89. The Morgan fingerprint density at radius 2 is 1.83 bits per heavy atom. The largest absolute Gasteiger partial charge is 0.381 e. The molecule has 12 heavy (non-hydrogen) atoms. The third-order valence-electron chi connectivity index (χ3n) is 1.45. The summed E-state index contributed by atoms with van der Waals surface area (Å²) in [5.41, 5.74) is 0. The van der Waals surface area contributed by atoms with E-state index in [0.717, 1.165) is 6.42 Å². The molecule has 0 aromatic heterocycles. The Hall–Kier alpha value is -0.160. The van der Waals surface area contributed by atoms with Crippen molar-refractivity contribution in [2.24, 2.45) is 0 Å². The Labute approximate surface area is 73.6 Å². The standard InChI is InChI=1S/C7H16FNO2S/c1-3-5-6-9(8)12(10,11)7-4-2/h3-7H2,1-2H3/q+1. The maximum Gasteiger partial charge on any atom is 0.381 e. The predicted octanol–water partition coefficient (Wildman–Crippen LogP) is 1.55.